The van der Waals surface area contributed by atoms with Crippen molar-refractivity contribution in [2.24, 2.45) is 0 Å². The number of nitrogens with one attached hydrogen (secondary N) is 2. The lowest BCUT2D eigenvalue weighted by molar-refractivity contribution is -0.144. The third-order valence-corrected chi connectivity index (χ3v) is 4.86. The highest BCUT2D eigenvalue weighted by molar-refractivity contribution is 6.00. The maximum absolute atomic E-state index is 12.8. The van der Waals surface area contributed by atoms with Crippen molar-refractivity contribution in [3.63, 3.8) is 0 Å². The summed E-state index contributed by atoms with van der Waals surface area (Å²) in [5.41, 5.74) is 1.09. The van der Waals surface area contributed by atoms with E-state index in [9.17, 15) is 22.8 Å². The summed E-state index contributed by atoms with van der Waals surface area (Å²) in [4.78, 5) is 32.1. The summed E-state index contributed by atoms with van der Waals surface area (Å²) in [5, 5.41) is 2.77. The minimum atomic E-state index is -4.60. The number of hydrogen-bond acceptors (Lipinski definition) is 4. The van der Waals surface area contributed by atoms with Gasteiger partial charge in [-0.3, -0.25) is 9.59 Å². The molecule has 1 aliphatic rings. The van der Waals surface area contributed by atoms with Gasteiger partial charge >= 0.3 is 6.18 Å². The highest BCUT2D eigenvalue weighted by Gasteiger charge is 2.35. The van der Waals surface area contributed by atoms with Crippen molar-refractivity contribution in [2.75, 3.05) is 18.6 Å². The molecule has 1 atom stereocenters. The van der Waals surface area contributed by atoms with E-state index < -0.39 is 23.9 Å². The van der Waals surface area contributed by atoms with Crippen molar-refractivity contribution in [3.8, 4) is 5.75 Å². The van der Waals surface area contributed by atoms with Gasteiger partial charge < -0.3 is 19.9 Å². The molecule has 30 heavy (non-hydrogen) atoms. The molecule has 0 spiro atoms. The number of anilines is 1. The van der Waals surface area contributed by atoms with Gasteiger partial charge in [0.1, 0.15) is 5.75 Å². The minimum absolute atomic E-state index is 0.109. The number of aromatic amines is 1. The zero-order chi connectivity index (χ0) is 21.5. The lowest BCUT2D eigenvalue weighted by atomic mass is 10.1. The first-order valence-electron chi connectivity index (χ1n) is 9.07. The second kappa shape index (κ2) is 7.36. The zero-order valence-corrected chi connectivity index (χ0v) is 15.8. The number of hydrogen-bond donors (Lipinski definition) is 2. The van der Waals surface area contributed by atoms with Crippen LogP contribution in [0.15, 0.2) is 42.5 Å². The van der Waals surface area contributed by atoms with E-state index in [0.717, 1.165) is 0 Å². The fraction of sp³-hybridized carbons (Fsp3) is 0.250. The molecule has 2 amide bonds. The van der Waals surface area contributed by atoms with Crippen LogP contribution in [0.3, 0.4) is 0 Å². The van der Waals surface area contributed by atoms with Gasteiger partial charge in [0.25, 0.3) is 5.91 Å². The van der Waals surface area contributed by atoms with Crippen LogP contribution in [0.1, 0.15) is 22.6 Å². The fourth-order valence-electron chi connectivity index (χ4n) is 3.37. The molecule has 1 saturated heterocycles. The molecule has 0 radical (unpaired) electrons. The van der Waals surface area contributed by atoms with E-state index >= 15 is 0 Å². The summed E-state index contributed by atoms with van der Waals surface area (Å²) in [6, 6.07) is 10.6. The smallest absolute Gasteiger partial charge is 0.449 e. The van der Waals surface area contributed by atoms with Gasteiger partial charge in [-0.25, -0.2) is 4.98 Å². The predicted molar refractivity (Wildman–Crippen MR) is 102 cm³/mol. The molecule has 7 nitrogen and oxygen atoms in total. The molecule has 0 aliphatic carbocycles. The third-order valence-electron chi connectivity index (χ3n) is 4.86. The van der Waals surface area contributed by atoms with E-state index in [2.05, 4.69) is 15.3 Å². The van der Waals surface area contributed by atoms with Crippen LogP contribution in [0.5, 0.6) is 5.75 Å². The molecule has 156 valence electrons. The number of amides is 2. The van der Waals surface area contributed by atoms with Crippen LogP contribution in [0.2, 0.25) is 0 Å². The summed E-state index contributed by atoms with van der Waals surface area (Å²) >= 11 is 0. The number of alkyl halides is 3. The first-order valence-corrected chi connectivity index (χ1v) is 9.07. The Balaban J connectivity index is 1.46. The van der Waals surface area contributed by atoms with E-state index in [4.69, 9.17) is 4.74 Å². The number of carbonyl (C=O) groups is 2. The molecule has 3 aromatic rings. The molecule has 1 fully saturated rings. The molecule has 1 aliphatic heterocycles. The topological polar surface area (TPSA) is 87.3 Å². The summed E-state index contributed by atoms with van der Waals surface area (Å²) in [7, 11) is 1.55. The van der Waals surface area contributed by atoms with Crippen LogP contribution in [0.25, 0.3) is 11.0 Å². The van der Waals surface area contributed by atoms with Crippen molar-refractivity contribution in [2.45, 2.75) is 18.6 Å². The van der Waals surface area contributed by atoms with Crippen LogP contribution in [0, 0.1) is 0 Å². The SMILES string of the molecule is COc1ccc(N2CC(NC(=O)c3ccc4nc(C(F)(F)F)[nH]c4c3)CC2=O)cc1. The number of fused-ring (bicyclic) bond motifs is 1. The van der Waals surface area contributed by atoms with E-state index in [-0.39, 0.29) is 28.9 Å². The number of methoxy groups -OCH3 is 1. The second-order valence-corrected chi connectivity index (χ2v) is 6.89. The van der Waals surface area contributed by atoms with E-state index in [1.54, 1.807) is 36.3 Å². The Labute approximate surface area is 168 Å². The van der Waals surface area contributed by atoms with E-state index in [1.165, 1.54) is 18.2 Å². The standard InChI is InChI=1S/C20H17F3N4O3/c1-30-14-5-3-13(4-6-14)27-10-12(9-17(27)28)24-18(29)11-2-7-15-16(8-11)26-19(25-15)20(21,22)23/h2-8,12H,9-10H2,1H3,(H,24,29)(H,25,26). The number of ether oxygens (including phenoxy) is 1. The summed E-state index contributed by atoms with van der Waals surface area (Å²) in [5.74, 6) is -1.07. The molecular weight excluding hydrogens is 401 g/mol. The number of H-pyrrole nitrogens is 1. The molecule has 4 rings (SSSR count). The molecule has 0 saturated carbocycles. The van der Waals surface area contributed by atoms with Gasteiger partial charge in [0, 0.05) is 24.2 Å². The van der Waals surface area contributed by atoms with Crippen molar-refractivity contribution in [3.05, 3.63) is 53.9 Å². The Morgan fingerprint density at radius 1 is 1.23 bits per heavy atom. The average Bonchev–Trinajstić information content (AvgIpc) is 3.30. The van der Waals surface area contributed by atoms with Gasteiger partial charge in [0.2, 0.25) is 11.7 Å². The average molecular weight is 418 g/mol. The normalized spacial score (nSPS) is 16.9. The number of rotatable bonds is 4. The summed E-state index contributed by atoms with van der Waals surface area (Å²) in [6.07, 6.45) is -4.47. The first-order chi connectivity index (χ1) is 14.2. The maximum atomic E-state index is 12.8. The molecule has 2 N–H and O–H groups in total. The lowest BCUT2D eigenvalue weighted by Gasteiger charge is -2.17. The number of imidazole rings is 1. The van der Waals surface area contributed by atoms with Crippen molar-refractivity contribution in [1.29, 1.82) is 0 Å². The van der Waals surface area contributed by atoms with Crippen LogP contribution in [0.4, 0.5) is 18.9 Å². The summed E-state index contributed by atoms with van der Waals surface area (Å²) in [6.45, 7) is 0.293. The van der Waals surface area contributed by atoms with Crippen LogP contribution < -0.4 is 15.0 Å². The molecule has 2 aromatic carbocycles. The number of nitrogens with zero attached hydrogens (tertiary/aromatic N) is 2. The van der Waals surface area contributed by atoms with Gasteiger partial charge in [-0.1, -0.05) is 0 Å². The van der Waals surface area contributed by atoms with Gasteiger partial charge in [0.05, 0.1) is 24.2 Å². The predicted octanol–water partition coefficient (Wildman–Crippen LogP) is 3.13. The molecule has 10 heteroatoms. The summed E-state index contributed by atoms with van der Waals surface area (Å²) < 4.78 is 43.5. The minimum Gasteiger partial charge on any atom is -0.497 e. The number of aromatic nitrogens is 2. The molecule has 0 bridgehead atoms. The number of halogens is 3. The third kappa shape index (κ3) is 3.80. The second-order valence-electron chi connectivity index (χ2n) is 6.89. The Hall–Kier alpha value is -3.56. The van der Waals surface area contributed by atoms with Gasteiger partial charge in [-0.05, 0) is 42.5 Å². The molecule has 1 aromatic heterocycles. The van der Waals surface area contributed by atoms with Crippen molar-refractivity contribution < 1.29 is 27.5 Å². The Bertz CT molecular complexity index is 1110. The lowest BCUT2D eigenvalue weighted by Crippen LogP contribution is -2.37. The highest BCUT2D eigenvalue weighted by Crippen LogP contribution is 2.29. The van der Waals surface area contributed by atoms with Crippen LogP contribution >= 0.6 is 0 Å². The zero-order valence-electron chi connectivity index (χ0n) is 15.8. The van der Waals surface area contributed by atoms with E-state index in [0.29, 0.717) is 18.0 Å². The van der Waals surface area contributed by atoms with Crippen molar-refractivity contribution in [1.82, 2.24) is 15.3 Å². The quantitative estimate of drug-likeness (QED) is 0.682. The molecule has 2 heterocycles. The number of benzene rings is 2. The Morgan fingerprint density at radius 3 is 2.63 bits per heavy atom. The first kappa shape index (κ1) is 19.7. The Morgan fingerprint density at radius 2 is 1.97 bits per heavy atom. The van der Waals surface area contributed by atoms with Crippen LogP contribution in [-0.4, -0.2) is 41.5 Å². The largest absolute Gasteiger partial charge is 0.497 e. The molecular formula is C20H17F3N4O3. The maximum Gasteiger partial charge on any atom is 0.449 e. The molecule has 1 unspecified atom stereocenters. The van der Waals surface area contributed by atoms with Gasteiger partial charge in [-0.15, -0.1) is 0 Å². The van der Waals surface area contributed by atoms with E-state index in [1.807, 2.05) is 0 Å². The highest BCUT2D eigenvalue weighted by atomic mass is 19.4. The monoisotopic (exact) mass is 418 g/mol. The van der Waals surface area contributed by atoms with Crippen molar-refractivity contribution >= 4 is 28.5 Å². The fourth-order valence-corrected chi connectivity index (χ4v) is 3.37. The van der Waals surface area contributed by atoms with Gasteiger partial charge in [0.15, 0.2) is 0 Å². The van der Waals surface area contributed by atoms with Gasteiger partial charge in [-0.2, -0.15) is 13.2 Å². The number of carbonyl (C=O) groups excluding carboxylic acids is 2. The van der Waals surface area contributed by atoms with Crippen LogP contribution in [-0.2, 0) is 11.0 Å². The Kier molecular flexibility index (Phi) is 4.84.